The summed E-state index contributed by atoms with van der Waals surface area (Å²) in [4.78, 5) is 23.9. The summed E-state index contributed by atoms with van der Waals surface area (Å²) in [7, 11) is 0. The highest BCUT2D eigenvalue weighted by atomic mass is 19.1. The molecule has 6 nitrogen and oxygen atoms in total. The lowest BCUT2D eigenvalue weighted by Crippen LogP contribution is -2.51. The smallest absolute Gasteiger partial charge is 0.362 e. The summed E-state index contributed by atoms with van der Waals surface area (Å²) in [5.41, 5.74) is 1.14. The second kappa shape index (κ2) is 7.50. The fourth-order valence-electron chi connectivity index (χ4n) is 3.57. The van der Waals surface area contributed by atoms with Gasteiger partial charge in [0.15, 0.2) is 0 Å². The van der Waals surface area contributed by atoms with E-state index in [-0.39, 0.29) is 5.69 Å². The molecule has 0 unspecified atom stereocenters. The first-order valence-electron chi connectivity index (χ1n) is 9.44. The van der Waals surface area contributed by atoms with Crippen LogP contribution in [0.15, 0.2) is 53.7 Å². The van der Waals surface area contributed by atoms with E-state index in [2.05, 4.69) is 10.5 Å². The molecule has 2 aromatic carbocycles. The van der Waals surface area contributed by atoms with Crippen LogP contribution < -0.4 is 5.32 Å². The van der Waals surface area contributed by atoms with E-state index in [9.17, 15) is 9.18 Å². The predicted octanol–water partition coefficient (Wildman–Crippen LogP) is 4.95. The van der Waals surface area contributed by atoms with Crippen LogP contribution in [0.1, 0.15) is 43.2 Å². The zero-order valence-corrected chi connectivity index (χ0v) is 15.7. The number of benzene rings is 2. The third kappa shape index (κ3) is 3.52. The quantitative estimate of drug-likeness (QED) is 0.814. The van der Waals surface area contributed by atoms with Crippen molar-refractivity contribution < 1.29 is 18.9 Å². The van der Waals surface area contributed by atoms with E-state index in [1.807, 2.05) is 31.2 Å². The van der Waals surface area contributed by atoms with Crippen molar-refractivity contribution in [1.29, 1.82) is 0 Å². The van der Waals surface area contributed by atoms with E-state index in [0.717, 1.165) is 30.4 Å². The third-order valence-corrected chi connectivity index (χ3v) is 5.09. The number of anilines is 1. The van der Waals surface area contributed by atoms with E-state index in [1.165, 1.54) is 17.2 Å². The largest absolute Gasteiger partial charge is 0.436 e. The molecule has 1 spiro atoms. The molecule has 0 atom stereocenters. The fourth-order valence-corrected chi connectivity index (χ4v) is 3.57. The lowest BCUT2D eigenvalue weighted by Gasteiger charge is -2.37. The number of hydroxylamine groups is 2. The molecule has 7 heteroatoms. The topological polar surface area (TPSA) is 63.2 Å². The van der Waals surface area contributed by atoms with E-state index < -0.39 is 17.6 Å². The summed E-state index contributed by atoms with van der Waals surface area (Å²) in [5.74, 6) is -0.0949. The summed E-state index contributed by atoms with van der Waals surface area (Å²) in [6, 6.07) is 13.7. The summed E-state index contributed by atoms with van der Waals surface area (Å²) in [6.45, 7) is 2.00. The molecule has 0 bridgehead atoms. The van der Waals surface area contributed by atoms with Crippen molar-refractivity contribution in [2.75, 3.05) is 5.32 Å². The van der Waals surface area contributed by atoms with Crippen LogP contribution in [0.2, 0.25) is 0 Å². The van der Waals surface area contributed by atoms with E-state index >= 15 is 0 Å². The number of rotatable bonds is 3. The number of carbonyl (C=O) groups is 1. The number of carbonyl (C=O) groups excluding carboxylic acids is 1. The van der Waals surface area contributed by atoms with Gasteiger partial charge in [0.2, 0.25) is 11.6 Å². The van der Waals surface area contributed by atoms with Gasteiger partial charge in [-0.25, -0.2) is 9.18 Å². The Kier molecular flexibility index (Phi) is 4.90. The Balaban J connectivity index is 1.58. The van der Waals surface area contributed by atoms with Gasteiger partial charge in [-0.05, 0) is 31.9 Å². The standard InChI is InChI=1S/C21H22FN3O3/c1-15-9-11-16(12-10-15)19-24-28-21(13-5-2-6-14-21)25(19)27-20(26)23-18-8-4-3-7-17(18)22/h3-4,7-12H,2,5-6,13-14H2,1H3,(H,23,26). The number of hydrogen-bond donors (Lipinski definition) is 1. The van der Waals surface area contributed by atoms with Crippen molar-refractivity contribution in [2.24, 2.45) is 5.16 Å². The highest BCUT2D eigenvalue weighted by molar-refractivity contribution is 6.00. The number of hydrogen-bond acceptors (Lipinski definition) is 5. The Morgan fingerprint density at radius 1 is 1.14 bits per heavy atom. The lowest BCUT2D eigenvalue weighted by molar-refractivity contribution is -0.224. The molecule has 1 N–H and O–H groups in total. The van der Waals surface area contributed by atoms with E-state index in [0.29, 0.717) is 18.7 Å². The molecule has 146 valence electrons. The van der Waals surface area contributed by atoms with Gasteiger partial charge < -0.3 is 9.68 Å². The van der Waals surface area contributed by atoms with Gasteiger partial charge in [0.25, 0.3) is 0 Å². The molecule has 2 aliphatic rings. The van der Waals surface area contributed by atoms with Crippen LogP contribution in [0.25, 0.3) is 0 Å². The van der Waals surface area contributed by atoms with Gasteiger partial charge in [-0.15, -0.1) is 5.06 Å². The number of amidine groups is 1. The molecule has 1 fully saturated rings. The minimum Gasteiger partial charge on any atom is -0.362 e. The summed E-state index contributed by atoms with van der Waals surface area (Å²) in [6.07, 6.45) is 3.59. The highest BCUT2D eigenvalue weighted by Gasteiger charge is 2.50. The number of nitrogens with one attached hydrogen (secondary N) is 1. The van der Waals surface area contributed by atoms with Crippen molar-refractivity contribution in [3.8, 4) is 0 Å². The van der Waals surface area contributed by atoms with Crippen molar-refractivity contribution in [1.82, 2.24) is 5.06 Å². The van der Waals surface area contributed by atoms with Crippen LogP contribution >= 0.6 is 0 Å². The molecule has 0 aromatic heterocycles. The number of nitrogens with zero attached hydrogens (tertiary/aromatic N) is 2. The number of oxime groups is 1. The van der Waals surface area contributed by atoms with Crippen molar-refractivity contribution in [3.05, 3.63) is 65.5 Å². The van der Waals surface area contributed by atoms with Gasteiger partial charge in [-0.2, -0.15) is 0 Å². The van der Waals surface area contributed by atoms with Gasteiger partial charge in [0.1, 0.15) is 5.82 Å². The summed E-state index contributed by atoms with van der Waals surface area (Å²) < 4.78 is 13.9. The predicted molar refractivity (Wildman–Crippen MR) is 103 cm³/mol. The first-order chi connectivity index (χ1) is 13.6. The molecule has 4 rings (SSSR count). The molecule has 1 aliphatic heterocycles. The van der Waals surface area contributed by atoms with Gasteiger partial charge in [-0.1, -0.05) is 53.5 Å². The average molecular weight is 383 g/mol. The molecule has 0 radical (unpaired) electrons. The minimum atomic E-state index is -0.814. The van der Waals surface area contributed by atoms with Crippen molar-refractivity contribution in [3.63, 3.8) is 0 Å². The molecule has 28 heavy (non-hydrogen) atoms. The second-order valence-corrected chi connectivity index (χ2v) is 7.16. The Morgan fingerprint density at radius 2 is 1.86 bits per heavy atom. The van der Waals surface area contributed by atoms with E-state index in [1.54, 1.807) is 12.1 Å². The van der Waals surface area contributed by atoms with Crippen LogP contribution in [0, 0.1) is 12.7 Å². The number of amides is 1. The summed E-state index contributed by atoms with van der Waals surface area (Å²) >= 11 is 0. The normalized spacial score (nSPS) is 17.8. The Morgan fingerprint density at radius 3 is 2.57 bits per heavy atom. The summed E-state index contributed by atoms with van der Waals surface area (Å²) in [5, 5.41) is 8.14. The molecular weight excluding hydrogens is 361 g/mol. The first kappa shape index (κ1) is 18.3. The van der Waals surface area contributed by atoms with Crippen LogP contribution in [0.3, 0.4) is 0 Å². The Labute approximate surface area is 162 Å². The Hall–Kier alpha value is -3.09. The zero-order chi connectivity index (χ0) is 19.6. The van der Waals surface area contributed by atoms with Crippen LogP contribution in [0.5, 0.6) is 0 Å². The minimum absolute atomic E-state index is 0.0548. The maximum Gasteiger partial charge on any atom is 0.436 e. The SMILES string of the molecule is Cc1ccc(C2=NOC3(CCCCC3)N2OC(=O)Nc2ccccc2F)cc1. The average Bonchev–Trinajstić information content (AvgIpc) is 3.02. The molecule has 0 saturated heterocycles. The molecule has 1 amide bonds. The van der Waals surface area contributed by atoms with Crippen LogP contribution in [-0.4, -0.2) is 22.7 Å². The van der Waals surface area contributed by atoms with Gasteiger partial charge in [0.05, 0.1) is 5.69 Å². The van der Waals surface area contributed by atoms with Gasteiger partial charge >= 0.3 is 6.09 Å². The first-order valence-corrected chi connectivity index (χ1v) is 9.44. The number of halogens is 1. The lowest BCUT2D eigenvalue weighted by atomic mass is 9.91. The molecule has 1 aliphatic carbocycles. The molecule has 1 saturated carbocycles. The van der Waals surface area contributed by atoms with E-state index in [4.69, 9.17) is 9.68 Å². The molecule has 2 aromatic rings. The zero-order valence-electron chi connectivity index (χ0n) is 15.7. The van der Waals surface area contributed by atoms with Gasteiger partial charge in [0, 0.05) is 18.4 Å². The monoisotopic (exact) mass is 383 g/mol. The number of para-hydroxylation sites is 1. The van der Waals surface area contributed by atoms with Crippen molar-refractivity contribution in [2.45, 2.75) is 44.8 Å². The number of aryl methyl sites for hydroxylation is 1. The van der Waals surface area contributed by atoms with Crippen LogP contribution in [0.4, 0.5) is 14.9 Å². The molecular formula is C21H22FN3O3. The van der Waals surface area contributed by atoms with Crippen molar-refractivity contribution >= 4 is 17.6 Å². The highest BCUT2D eigenvalue weighted by Crippen LogP contribution is 2.40. The van der Waals surface area contributed by atoms with Gasteiger partial charge in [-0.3, -0.25) is 5.32 Å². The Bertz CT molecular complexity index is 892. The maximum absolute atomic E-state index is 13.9. The van der Waals surface area contributed by atoms with Crippen LogP contribution in [-0.2, 0) is 9.68 Å². The second-order valence-electron chi connectivity index (χ2n) is 7.16. The maximum atomic E-state index is 13.9. The fraction of sp³-hybridized carbons (Fsp3) is 0.333. The molecule has 1 heterocycles. The third-order valence-electron chi connectivity index (χ3n) is 5.09.